The number of pyridine rings is 1. The van der Waals surface area contributed by atoms with E-state index in [2.05, 4.69) is 10.3 Å². The topological polar surface area (TPSA) is 68.9 Å². The normalized spacial score (nSPS) is 16.0. The molecular formula is C16H22N4O2. The summed E-state index contributed by atoms with van der Waals surface area (Å²) in [5, 5.41) is 3.06. The van der Waals surface area contributed by atoms with Gasteiger partial charge in [0.05, 0.1) is 5.52 Å². The van der Waals surface area contributed by atoms with Crippen molar-refractivity contribution < 1.29 is 4.79 Å². The molecule has 0 atom stereocenters. The Balaban J connectivity index is 1.82. The number of imidazole rings is 1. The Bertz CT molecular complexity index is 725. The Morgan fingerprint density at radius 2 is 2.09 bits per heavy atom. The number of rotatable bonds is 4. The maximum atomic E-state index is 12.5. The molecule has 2 aromatic rings. The fourth-order valence-corrected chi connectivity index (χ4v) is 3.25. The predicted octanol–water partition coefficient (Wildman–Crippen LogP) is 1.67. The molecule has 0 aliphatic heterocycles. The summed E-state index contributed by atoms with van der Waals surface area (Å²) in [7, 11) is 0. The monoisotopic (exact) mass is 302 g/mol. The number of nitrogens with one attached hydrogen (secondary N) is 1. The smallest absolute Gasteiger partial charge is 0.330 e. The molecule has 118 valence electrons. The SMILES string of the molecule is CCn1c(=O)n(CC(=O)NC2CCCCC2)c2cccnc21. The Morgan fingerprint density at radius 3 is 2.82 bits per heavy atom. The van der Waals surface area contributed by atoms with Crippen molar-refractivity contribution in [2.45, 2.75) is 58.2 Å². The zero-order valence-electron chi connectivity index (χ0n) is 12.9. The van der Waals surface area contributed by atoms with Gasteiger partial charge in [-0.05, 0) is 31.9 Å². The number of aryl methyl sites for hydroxylation is 1. The van der Waals surface area contributed by atoms with Crippen LogP contribution in [0.3, 0.4) is 0 Å². The van der Waals surface area contributed by atoms with Gasteiger partial charge in [0.25, 0.3) is 0 Å². The van der Waals surface area contributed by atoms with Gasteiger partial charge >= 0.3 is 5.69 Å². The minimum atomic E-state index is -0.171. The number of amides is 1. The molecular weight excluding hydrogens is 280 g/mol. The summed E-state index contributed by atoms with van der Waals surface area (Å²) in [6.45, 7) is 2.51. The van der Waals surface area contributed by atoms with Gasteiger partial charge in [-0.15, -0.1) is 0 Å². The van der Waals surface area contributed by atoms with E-state index in [9.17, 15) is 9.59 Å². The van der Waals surface area contributed by atoms with Gasteiger partial charge < -0.3 is 5.32 Å². The second-order valence-electron chi connectivity index (χ2n) is 5.86. The second kappa shape index (κ2) is 6.34. The van der Waals surface area contributed by atoms with Crippen LogP contribution in [-0.2, 0) is 17.9 Å². The lowest BCUT2D eigenvalue weighted by Crippen LogP contribution is -2.40. The molecule has 1 fully saturated rings. The average Bonchev–Trinajstić information content (AvgIpc) is 2.80. The molecule has 2 heterocycles. The first kappa shape index (κ1) is 14.8. The van der Waals surface area contributed by atoms with E-state index in [1.165, 1.54) is 23.8 Å². The molecule has 1 N–H and O–H groups in total. The van der Waals surface area contributed by atoms with Crippen molar-refractivity contribution in [3.63, 3.8) is 0 Å². The molecule has 6 nitrogen and oxygen atoms in total. The van der Waals surface area contributed by atoms with Crippen LogP contribution in [0.1, 0.15) is 39.0 Å². The summed E-state index contributed by atoms with van der Waals surface area (Å²) in [4.78, 5) is 29.0. The first-order valence-electron chi connectivity index (χ1n) is 8.04. The Hall–Kier alpha value is -2.11. The van der Waals surface area contributed by atoms with Gasteiger partial charge in [-0.2, -0.15) is 0 Å². The molecule has 0 spiro atoms. The lowest BCUT2D eigenvalue weighted by molar-refractivity contribution is -0.122. The lowest BCUT2D eigenvalue weighted by Gasteiger charge is -2.22. The fraction of sp³-hybridized carbons (Fsp3) is 0.562. The molecule has 2 aromatic heterocycles. The van der Waals surface area contributed by atoms with Crippen molar-refractivity contribution in [1.82, 2.24) is 19.4 Å². The number of carbonyl (C=O) groups excluding carboxylic acids is 1. The van der Waals surface area contributed by atoms with Crippen LogP contribution in [0, 0.1) is 0 Å². The lowest BCUT2D eigenvalue weighted by atomic mass is 9.95. The molecule has 0 radical (unpaired) electrons. The van der Waals surface area contributed by atoms with Crippen LogP contribution >= 0.6 is 0 Å². The third-order valence-electron chi connectivity index (χ3n) is 4.36. The van der Waals surface area contributed by atoms with E-state index in [1.54, 1.807) is 16.8 Å². The van der Waals surface area contributed by atoms with Crippen LogP contribution in [-0.4, -0.2) is 26.1 Å². The highest BCUT2D eigenvalue weighted by Crippen LogP contribution is 2.17. The summed E-state index contributed by atoms with van der Waals surface area (Å²) >= 11 is 0. The van der Waals surface area contributed by atoms with Crippen molar-refractivity contribution in [2.75, 3.05) is 0 Å². The number of aromatic nitrogens is 3. The van der Waals surface area contributed by atoms with E-state index >= 15 is 0 Å². The fourth-order valence-electron chi connectivity index (χ4n) is 3.25. The highest BCUT2D eigenvalue weighted by atomic mass is 16.2. The number of nitrogens with zero attached hydrogens (tertiary/aromatic N) is 3. The van der Waals surface area contributed by atoms with E-state index in [0.717, 1.165) is 12.8 Å². The van der Waals surface area contributed by atoms with Crippen molar-refractivity contribution in [1.29, 1.82) is 0 Å². The largest absolute Gasteiger partial charge is 0.352 e. The second-order valence-corrected chi connectivity index (χ2v) is 5.86. The minimum absolute atomic E-state index is 0.0600. The van der Waals surface area contributed by atoms with Crippen LogP contribution in [0.5, 0.6) is 0 Å². The van der Waals surface area contributed by atoms with E-state index in [1.807, 2.05) is 13.0 Å². The molecule has 0 aromatic carbocycles. The van der Waals surface area contributed by atoms with Gasteiger partial charge in [-0.3, -0.25) is 13.9 Å². The van der Waals surface area contributed by atoms with Gasteiger partial charge in [0.2, 0.25) is 5.91 Å². The Morgan fingerprint density at radius 1 is 1.32 bits per heavy atom. The number of hydrogen-bond donors (Lipinski definition) is 1. The Kier molecular flexibility index (Phi) is 4.27. The van der Waals surface area contributed by atoms with Gasteiger partial charge in [0.15, 0.2) is 5.65 Å². The van der Waals surface area contributed by atoms with E-state index < -0.39 is 0 Å². The number of carbonyl (C=O) groups is 1. The zero-order chi connectivity index (χ0) is 15.5. The van der Waals surface area contributed by atoms with Gasteiger partial charge in [-0.1, -0.05) is 19.3 Å². The summed E-state index contributed by atoms with van der Waals surface area (Å²) in [5.41, 5.74) is 1.18. The first-order valence-corrected chi connectivity index (χ1v) is 8.04. The summed E-state index contributed by atoms with van der Waals surface area (Å²) in [6, 6.07) is 3.88. The highest BCUT2D eigenvalue weighted by Gasteiger charge is 2.19. The first-order chi connectivity index (χ1) is 10.7. The third-order valence-corrected chi connectivity index (χ3v) is 4.36. The molecule has 0 bridgehead atoms. The number of fused-ring (bicyclic) bond motifs is 1. The van der Waals surface area contributed by atoms with Gasteiger partial charge in [-0.25, -0.2) is 9.78 Å². The van der Waals surface area contributed by atoms with E-state index in [4.69, 9.17) is 0 Å². The average molecular weight is 302 g/mol. The summed E-state index contributed by atoms with van der Waals surface area (Å²) in [5.74, 6) is -0.0898. The molecule has 3 rings (SSSR count). The van der Waals surface area contributed by atoms with Crippen molar-refractivity contribution in [3.05, 3.63) is 28.8 Å². The van der Waals surface area contributed by atoms with Crippen LogP contribution in [0.25, 0.3) is 11.2 Å². The summed E-state index contributed by atoms with van der Waals surface area (Å²) < 4.78 is 3.12. The van der Waals surface area contributed by atoms with E-state index in [0.29, 0.717) is 17.7 Å². The van der Waals surface area contributed by atoms with Crippen molar-refractivity contribution in [3.8, 4) is 0 Å². The van der Waals surface area contributed by atoms with Gasteiger partial charge in [0.1, 0.15) is 6.54 Å². The molecule has 1 saturated carbocycles. The number of hydrogen-bond acceptors (Lipinski definition) is 3. The van der Waals surface area contributed by atoms with Gasteiger partial charge in [0, 0.05) is 18.8 Å². The van der Waals surface area contributed by atoms with E-state index in [-0.39, 0.29) is 24.2 Å². The molecule has 0 saturated heterocycles. The predicted molar refractivity (Wildman–Crippen MR) is 84.7 cm³/mol. The maximum Gasteiger partial charge on any atom is 0.330 e. The summed E-state index contributed by atoms with van der Waals surface area (Å²) in [6.07, 6.45) is 7.34. The zero-order valence-corrected chi connectivity index (χ0v) is 12.9. The third kappa shape index (κ3) is 2.77. The Labute approximate surface area is 129 Å². The standard InChI is InChI=1S/C16H22N4O2/c1-2-19-15-13(9-6-10-17-15)20(16(19)22)11-14(21)18-12-7-4-3-5-8-12/h6,9-10,12H,2-5,7-8,11H2,1H3,(H,18,21). The highest BCUT2D eigenvalue weighted by molar-refractivity contribution is 5.79. The van der Waals surface area contributed by atoms with Crippen LogP contribution in [0.4, 0.5) is 0 Å². The maximum absolute atomic E-state index is 12.5. The molecule has 1 aliphatic carbocycles. The van der Waals surface area contributed by atoms with Crippen molar-refractivity contribution in [2.24, 2.45) is 0 Å². The van der Waals surface area contributed by atoms with Crippen LogP contribution in [0.2, 0.25) is 0 Å². The molecule has 0 unspecified atom stereocenters. The molecule has 1 aliphatic rings. The van der Waals surface area contributed by atoms with Crippen molar-refractivity contribution >= 4 is 17.1 Å². The van der Waals surface area contributed by atoms with Crippen LogP contribution < -0.4 is 11.0 Å². The quantitative estimate of drug-likeness (QED) is 0.934. The molecule has 6 heteroatoms. The molecule has 1 amide bonds. The molecule has 22 heavy (non-hydrogen) atoms. The van der Waals surface area contributed by atoms with Crippen LogP contribution in [0.15, 0.2) is 23.1 Å². The minimum Gasteiger partial charge on any atom is -0.352 e.